The third-order valence-corrected chi connectivity index (χ3v) is 4.83. The Balaban J connectivity index is 1.81. The summed E-state index contributed by atoms with van der Waals surface area (Å²) in [5, 5.41) is 2.58. The van der Waals surface area contributed by atoms with E-state index in [-0.39, 0.29) is 25.1 Å². The van der Waals surface area contributed by atoms with Gasteiger partial charge in [-0.15, -0.1) is 0 Å². The molecule has 0 radical (unpaired) electrons. The molecule has 1 aromatic carbocycles. The summed E-state index contributed by atoms with van der Waals surface area (Å²) >= 11 is 0. The highest BCUT2D eigenvalue weighted by atomic mass is 19.3. The van der Waals surface area contributed by atoms with Crippen LogP contribution in [0.1, 0.15) is 18.4 Å². The highest BCUT2D eigenvalue weighted by Crippen LogP contribution is 2.43. The zero-order valence-corrected chi connectivity index (χ0v) is 13.8. The normalized spacial score (nSPS) is 25.1. The molecule has 0 unspecified atom stereocenters. The third kappa shape index (κ3) is 3.43. The summed E-state index contributed by atoms with van der Waals surface area (Å²) in [6.07, 6.45) is -0.461. The van der Waals surface area contributed by atoms with Crippen LogP contribution in [-0.2, 0) is 16.0 Å². The van der Waals surface area contributed by atoms with Gasteiger partial charge in [-0.1, -0.05) is 6.07 Å². The molecule has 0 bridgehead atoms. The van der Waals surface area contributed by atoms with Crippen LogP contribution < -0.4 is 10.1 Å². The van der Waals surface area contributed by atoms with E-state index in [9.17, 15) is 22.8 Å². The van der Waals surface area contributed by atoms with Crippen molar-refractivity contribution in [3.8, 4) is 5.75 Å². The topological polar surface area (TPSA) is 58.6 Å². The number of methoxy groups -OCH3 is 1. The number of nitrogens with zero attached hydrogens (tertiary/aromatic N) is 1. The van der Waals surface area contributed by atoms with Crippen LogP contribution in [-0.4, -0.2) is 49.4 Å². The highest BCUT2D eigenvalue weighted by Gasteiger charge is 2.55. The molecule has 2 aliphatic heterocycles. The van der Waals surface area contributed by atoms with Crippen molar-refractivity contribution in [1.82, 2.24) is 10.2 Å². The number of carbonyl (C=O) groups excluding carboxylic acids is 2. The lowest BCUT2D eigenvalue weighted by Crippen LogP contribution is -2.57. The standard InChI is InChI=1S/C17H19F3N2O3/c1-25-13-7-12(18)3-2-11(13)6-14(23)22-9-16(4-5-21-15(16)24)8-17(19,20)10-22/h2-3,7H,4-6,8-10H2,1H3,(H,21,24)/t16-/m1/s1. The summed E-state index contributed by atoms with van der Waals surface area (Å²) in [6, 6.07) is 3.72. The zero-order chi connectivity index (χ0) is 18.2. The van der Waals surface area contributed by atoms with E-state index in [1.54, 1.807) is 0 Å². The number of piperidine rings is 1. The van der Waals surface area contributed by atoms with Gasteiger partial charge in [0.2, 0.25) is 11.8 Å². The monoisotopic (exact) mass is 356 g/mol. The minimum Gasteiger partial charge on any atom is -0.496 e. The fourth-order valence-electron chi connectivity index (χ4n) is 3.66. The molecule has 1 spiro atoms. The number of alkyl halides is 2. The summed E-state index contributed by atoms with van der Waals surface area (Å²) in [6.45, 7) is -0.413. The predicted molar refractivity (Wildman–Crippen MR) is 82.9 cm³/mol. The van der Waals surface area contributed by atoms with E-state index in [1.165, 1.54) is 19.2 Å². The summed E-state index contributed by atoms with van der Waals surface area (Å²) in [5.41, 5.74) is -0.822. The maximum atomic E-state index is 14.2. The van der Waals surface area contributed by atoms with E-state index in [0.29, 0.717) is 12.1 Å². The Bertz CT molecular complexity index is 710. The number of nitrogens with one attached hydrogen (secondary N) is 1. The molecule has 2 aliphatic rings. The maximum Gasteiger partial charge on any atom is 0.266 e. The van der Waals surface area contributed by atoms with Crippen molar-refractivity contribution in [3.63, 3.8) is 0 Å². The number of benzene rings is 1. The SMILES string of the molecule is COc1cc(F)ccc1CC(=O)N1CC(F)(F)C[C@]2(CCNC2=O)C1. The first kappa shape index (κ1) is 17.6. The number of hydrogen-bond acceptors (Lipinski definition) is 3. The second-order valence-corrected chi connectivity index (χ2v) is 6.70. The van der Waals surface area contributed by atoms with Gasteiger partial charge in [-0.3, -0.25) is 9.59 Å². The first-order valence-electron chi connectivity index (χ1n) is 8.01. The van der Waals surface area contributed by atoms with Gasteiger partial charge in [0.15, 0.2) is 0 Å². The number of carbonyl (C=O) groups is 2. The van der Waals surface area contributed by atoms with Crippen molar-refractivity contribution in [3.05, 3.63) is 29.6 Å². The molecule has 0 aliphatic carbocycles. The van der Waals surface area contributed by atoms with Crippen LogP contribution in [0.15, 0.2) is 18.2 Å². The van der Waals surface area contributed by atoms with E-state index >= 15 is 0 Å². The molecule has 8 heteroatoms. The Hall–Kier alpha value is -2.25. The van der Waals surface area contributed by atoms with Crippen LogP contribution in [0.25, 0.3) is 0 Å². The Morgan fingerprint density at radius 1 is 1.36 bits per heavy atom. The first-order chi connectivity index (χ1) is 11.7. The Labute approximate surface area is 143 Å². The molecule has 1 atom stereocenters. The Morgan fingerprint density at radius 2 is 2.12 bits per heavy atom. The Morgan fingerprint density at radius 3 is 2.76 bits per heavy atom. The van der Waals surface area contributed by atoms with Crippen LogP contribution in [0, 0.1) is 11.2 Å². The minimum atomic E-state index is -3.12. The van der Waals surface area contributed by atoms with E-state index in [4.69, 9.17) is 4.74 Å². The highest BCUT2D eigenvalue weighted by molar-refractivity contribution is 5.87. The second-order valence-electron chi connectivity index (χ2n) is 6.70. The second kappa shape index (κ2) is 6.24. The molecule has 2 saturated heterocycles. The molecular formula is C17H19F3N2O3. The van der Waals surface area contributed by atoms with Gasteiger partial charge in [0.25, 0.3) is 5.92 Å². The van der Waals surface area contributed by atoms with Gasteiger partial charge in [-0.05, 0) is 12.5 Å². The first-order valence-corrected chi connectivity index (χ1v) is 8.01. The summed E-state index contributed by atoms with van der Waals surface area (Å²) in [7, 11) is 1.34. The van der Waals surface area contributed by atoms with Crippen LogP contribution in [0.3, 0.4) is 0 Å². The number of likely N-dealkylation sites (tertiary alicyclic amines) is 1. The number of halogens is 3. The molecule has 1 N–H and O–H groups in total. The molecule has 1 aromatic rings. The zero-order valence-electron chi connectivity index (χ0n) is 13.8. The van der Waals surface area contributed by atoms with Gasteiger partial charge in [0.1, 0.15) is 11.6 Å². The summed E-state index contributed by atoms with van der Waals surface area (Å²) in [4.78, 5) is 25.7. The molecule has 25 heavy (non-hydrogen) atoms. The molecule has 2 heterocycles. The largest absolute Gasteiger partial charge is 0.496 e. The van der Waals surface area contributed by atoms with Gasteiger partial charge >= 0.3 is 0 Å². The molecule has 0 saturated carbocycles. The molecule has 136 valence electrons. The van der Waals surface area contributed by atoms with Gasteiger partial charge in [0, 0.05) is 31.1 Å². The fraction of sp³-hybridized carbons (Fsp3) is 0.529. The van der Waals surface area contributed by atoms with Crippen molar-refractivity contribution in [2.75, 3.05) is 26.7 Å². The van der Waals surface area contributed by atoms with Gasteiger partial charge in [0.05, 0.1) is 25.5 Å². The van der Waals surface area contributed by atoms with Gasteiger partial charge in [-0.2, -0.15) is 0 Å². The summed E-state index contributed by atoms with van der Waals surface area (Å²) < 4.78 is 46.6. The van der Waals surface area contributed by atoms with Crippen molar-refractivity contribution >= 4 is 11.8 Å². The van der Waals surface area contributed by atoms with Crippen LogP contribution >= 0.6 is 0 Å². The lowest BCUT2D eigenvalue weighted by Gasteiger charge is -2.42. The minimum absolute atomic E-state index is 0.0310. The average Bonchev–Trinajstić information content (AvgIpc) is 2.87. The number of ether oxygens (including phenoxy) is 1. The molecule has 3 rings (SSSR count). The number of hydrogen-bond donors (Lipinski definition) is 1. The molecule has 5 nitrogen and oxygen atoms in total. The van der Waals surface area contributed by atoms with Gasteiger partial charge < -0.3 is 15.0 Å². The maximum absolute atomic E-state index is 14.2. The molecule has 2 amide bonds. The predicted octanol–water partition coefficient (Wildman–Crippen LogP) is 1.75. The van der Waals surface area contributed by atoms with Crippen molar-refractivity contribution < 1.29 is 27.5 Å². The molecular weight excluding hydrogens is 337 g/mol. The lowest BCUT2D eigenvalue weighted by molar-refractivity contribution is -0.159. The van der Waals surface area contributed by atoms with Crippen LogP contribution in [0.4, 0.5) is 13.2 Å². The third-order valence-electron chi connectivity index (χ3n) is 4.83. The fourth-order valence-corrected chi connectivity index (χ4v) is 3.66. The van der Waals surface area contributed by atoms with Gasteiger partial charge in [-0.25, -0.2) is 13.2 Å². The van der Waals surface area contributed by atoms with Crippen molar-refractivity contribution in [2.45, 2.75) is 25.2 Å². The van der Waals surface area contributed by atoms with E-state index in [0.717, 1.165) is 11.0 Å². The summed E-state index contributed by atoms with van der Waals surface area (Å²) in [5.74, 6) is -4.42. The molecule has 2 fully saturated rings. The van der Waals surface area contributed by atoms with Crippen molar-refractivity contribution in [1.29, 1.82) is 0 Å². The van der Waals surface area contributed by atoms with Crippen molar-refractivity contribution in [2.24, 2.45) is 5.41 Å². The smallest absolute Gasteiger partial charge is 0.266 e. The lowest BCUT2D eigenvalue weighted by atomic mass is 9.77. The Kier molecular flexibility index (Phi) is 4.38. The number of amides is 2. The number of rotatable bonds is 3. The van der Waals surface area contributed by atoms with Crippen LogP contribution in [0.5, 0.6) is 5.75 Å². The molecule has 0 aromatic heterocycles. The van der Waals surface area contributed by atoms with E-state index in [1.807, 2.05) is 0 Å². The van der Waals surface area contributed by atoms with Crippen LogP contribution in [0.2, 0.25) is 0 Å². The van der Waals surface area contributed by atoms with E-state index < -0.39 is 41.9 Å². The average molecular weight is 356 g/mol. The van der Waals surface area contributed by atoms with E-state index in [2.05, 4.69) is 5.32 Å². The quantitative estimate of drug-likeness (QED) is 0.898.